The summed E-state index contributed by atoms with van der Waals surface area (Å²) in [4.78, 5) is 15.8. The van der Waals surface area contributed by atoms with Crippen LogP contribution >= 0.6 is 11.6 Å². The average Bonchev–Trinajstić information content (AvgIpc) is 2.94. The number of carbonyl (C=O) groups excluding carboxylic acids is 1. The quantitative estimate of drug-likeness (QED) is 0.780. The summed E-state index contributed by atoms with van der Waals surface area (Å²) in [5.74, 6) is 1.12. The van der Waals surface area contributed by atoms with Gasteiger partial charge in [-0.1, -0.05) is 6.07 Å². The second kappa shape index (κ2) is 6.61. The molecule has 22 heavy (non-hydrogen) atoms. The number of rotatable bonds is 5. The summed E-state index contributed by atoms with van der Waals surface area (Å²) >= 11 is 6.36. The normalized spacial score (nSPS) is 20.5. The van der Waals surface area contributed by atoms with Gasteiger partial charge in [-0.3, -0.25) is 4.79 Å². The Morgan fingerprint density at radius 3 is 2.95 bits per heavy atom. The van der Waals surface area contributed by atoms with Crippen LogP contribution in [0.1, 0.15) is 30.2 Å². The van der Waals surface area contributed by atoms with E-state index in [0.717, 1.165) is 49.5 Å². The SMILES string of the molecule is COc1ccc2c(c1)N(CCCN1CCCC1=O)C=CC2Cl. The first-order valence-corrected chi connectivity index (χ1v) is 8.17. The lowest BCUT2D eigenvalue weighted by molar-refractivity contribution is -0.127. The third-order valence-electron chi connectivity index (χ3n) is 4.28. The first-order valence-electron chi connectivity index (χ1n) is 7.74. The van der Waals surface area contributed by atoms with Gasteiger partial charge in [-0.15, -0.1) is 11.6 Å². The summed E-state index contributed by atoms with van der Waals surface area (Å²) in [6.07, 6.45) is 6.68. The highest BCUT2D eigenvalue weighted by Gasteiger charge is 2.22. The van der Waals surface area contributed by atoms with E-state index in [4.69, 9.17) is 16.3 Å². The van der Waals surface area contributed by atoms with E-state index >= 15 is 0 Å². The first-order chi connectivity index (χ1) is 10.7. The largest absolute Gasteiger partial charge is 0.497 e. The third kappa shape index (κ3) is 3.07. The average molecular weight is 321 g/mol. The number of fused-ring (bicyclic) bond motifs is 1. The molecule has 1 saturated heterocycles. The van der Waals surface area contributed by atoms with Crippen LogP contribution in [0.2, 0.25) is 0 Å². The minimum absolute atomic E-state index is 0.0997. The van der Waals surface area contributed by atoms with Crippen molar-refractivity contribution in [2.45, 2.75) is 24.6 Å². The zero-order chi connectivity index (χ0) is 15.5. The fraction of sp³-hybridized carbons (Fsp3) is 0.471. The highest BCUT2D eigenvalue weighted by atomic mass is 35.5. The summed E-state index contributed by atoms with van der Waals surface area (Å²) < 4.78 is 5.32. The number of allylic oxidation sites excluding steroid dienone is 1. The standard InChI is InChI=1S/C17H21ClN2O2/c1-22-13-5-6-14-15(18)7-11-19(16(14)12-13)9-3-10-20-8-2-4-17(20)21/h5-7,11-12,15H,2-4,8-10H2,1H3. The van der Waals surface area contributed by atoms with Crippen LogP contribution in [0.4, 0.5) is 5.69 Å². The number of anilines is 1. The maximum absolute atomic E-state index is 11.6. The summed E-state index contributed by atoms with van der Waals surface area (Å²) in [5, 5.41) is -0.0997. The fourth-order valence-electron chi connectivity index (χ4n) is 3.06. The molecule has 0 radical (unpaired) electrons. The zero-order valence-electron chi connectivity index (χ0n) is 12.8. The number of hydrogen-bond donors (Lipinski definition) is 0. The summed E-state index contributed by atoms with van der Waals surface area (Å²) in [7, 11) is 1.67. The summed E-state index contributed by atoms with van der Waals surface area (Å²) in [6, 6.07) is 5.98. The van der Waals surface area contributed by atoms with E-state index in [9.17, 15) is 4.79 Å². The van der Waals surface area contributed by atoms with Gasteiger partial charge in [-0.2, -0.15) is 0 Å². The molecule has 5 heteroatoms. The van der Waals surface area contributed by atoms with Gasteiger partial charge in [-0.05, 0) is 30.5 Å². The summed E-state index contributed by atoms with van der Waals surface area (Å²) in [5.41, 5.74) is 2.19. The highest BCUT2D eigenvalue weighted by molar-refractivity contribution is 6.22. The van der Waals surface area contributed by atoms with E-state index in [-0.39, 0.29) is 11.3 Å². The number of methoxy groups -OCH3 is 1. The molecule has 1 unspecified atom stereocenters. The number of carbonyl (C=O) groups is 1. The third-order valence-corrected chi connectivity index (χ3v) is 4.66. The topological polar surface area (TPSA) is 32.8 Å². The molecule has 2 aliphatic heterocycles. The predicted octanol–water partition coefficient (Wildman–Crippen LogP) is 3.32. The van der Waals surface area contributed by atoms with E-state index in [2.05, 4.69) is 4.90 Å². The number of alkyl halides is 1. The monoisotopic (exact) mass is 320 g/mol. The number of benzene rings is 1. The molecule has 0 bridgehead atoms. The Morgan fingerprint density at radius 2 is 2.23 bits per heavy atom. The van der Waals surface area contributed by atoms with Crippen molar-refractivity contribution >= 4 is 23.2 Å². The molecule has 3 rings (SSSR count). The second-order valence-corrected chi connectivity index (χ2v) is 6.17. The molecule has 1 aromatic carbocycles. The molecule has 0 saturated carbocycles. The van der Waals surface area contributed by atoms with Crippen molar-refractivity contribution in [3.63, 3.8) is 0 Å². The maximum atomic E-state index is 11.6. The molecule has 1 aromatic rings. The second-order valence-electron chi connectivity index (χ2n) is 5.70. The van der Waals surface area contributed by atoms with E-state index < -0.39 is 0 Å². The van der Waals surface area contributed by atoms with Gasteiger partial charge in [0.25, 0.3) is 0 Å². The van der Waals surface area contributed by atoms with Gasteiger partial charge in [0.1, 0.15) is 5.75 Å². The van der Waals surface area contributed by atoms with Gasteiger partial charge in [0.2, 0.25) is 5.91 Å². The smallest absolute Gasteiger partial charge is 0.222 e. The van der Waals surface area contributed by atoms with Gasteiger partial charge in [0.05, 0.1) is 12.5 Å². The fourth-order valence-corrected chi connectivity index (χ4v) is 3.31. The van der Waals surface area contributed by atoms with Gasteiger partial charge < -0.3 is 14.5 Å². The Labute approximate surface area is 136 Å². The molecule has 1 atom stereocenters. The lowest BCUT2D eigenvalue weighted by Gasteiger charge is -2.29. The van der Waals surface area contributed by atoms with Crippen LogP contribution in [-0.2, 0) is 4.79 Å². The van der Waals surface area contributed by atoms with E-state index in [1.807, 2.05) is 35.4 Å². The molecule has 0 aromatic heterocycles. The number of likely N-dealkylation sites (tertiary alicyclic amines) is 1. The predicted molar refractivity (Wildman–Crippen MR) is 88.5 cm³/mol. The Hall–Kier alpha value is -1.68. The summed E-state index contributed by atoms with van der Waals surface area (Å²) in [6.45, 7) is 2.60. The van der Waals surface area contributed by atoms with E-state index in [1.54, 1.807) is 7.11 Å². The molecule has 0 aliphatic carbocycles. The van der Waals surface area contributed by atoms with E-state index in [1.165, 1.54) is 0 Å². The van der Waals surface area contributed by atoms with Crippen LogP contribution in [0.15, 0.2) is 30.5 Å². The minimum Gasteiger partial charge on any atom is -0.497 e. The molecule has 4 nitrogen and oxygen atoms in total. The zero-order valence-corrected chi connectivity index (χ0v) is 13.6. The molecule has 0 spiro atoms. The molecular weight excluding hydrogens is 300 g/mol. The van der Waals surface area contributed by atoms with Crippen LogP contribution < -0.4 is 9.64 Å². The molecular formula is C17H21ClN2O2. The van der Waals surface area contributed by atoms with Crippen LogP contribution in [0, 0.1) is 0 Å². The number of nitrogens with zero attached hydrogens (tertiary/aromatic N) is 2. The highest BCUT2D eigenvalue weighted by Crippen LogP contribution is 2.38. The molecule has 1 fully saturated rings. The number of amides is 1. The Bertz CT molecular complexity index is 588. The van der Waals surface area contributed by atoms with Crippen LogP contribution in [0.3, 0.4) is 0 Å². The molecule has 2 aliphatic rings. The number of ether oxygens (including phenoxy) is 1. The molecule has 2 heterocycles. The van der Waals surface area contributed by atoms with Gasteiger partial charge >= 0.3 is 0 Å². The van der Waals surface area contributed by atoms with Crippen molar-refractivity contribution in [3.05, 3.63) is 36.0 Å². The first kappa shape index (κ1) is 15.2. The molecule has 118 valence electrons. The lowest BCUT2D eigenvalue weighted by atomic mass is 10.0. The van der Waals surface area contributed by atoms with Crippen molar-refractivity contribution in [1.82, 2.24) is 4.90 Å². The van der Waals surface area contributed by atoms with Gasteiger partial charge in [0.15, 0.2) is 0 Å². The van der Waals surface area contributed by atoms with Gasteiger partial charge in [-0.25, -0.2) is 0 Å². The van der Waals surface area contributed by atoms with Crippen LogP contribution in [0.5, 0.6) is 5.75 Å². The minimum atomic E-state index is -0.0997. The number of halogens is 1. The van der Waals surface area contributed by atoms with Crippen molar-refractivity contribution < 1.29 is 9.53 Å². The Balaban J connectivity index is 1.66. The Morgan fingerprint density at radius 1 is 1.36 bits per heavy atom. The lowest BCUT2D eigenvalue weighted by Crippen LogP contribution is -2.29. The molecule has 1 amide bonds. The van der Waals surface area contributed by atoms with Gasteiger partial charge in [0, 0.05) is 44.0 Å². The van der Waals surface area contributed by atoms with Crippen molar-refractivity contribution in [3.8, 4) is 5.75 Å². The van der Waals surface area contributed by atoms with Crippen molar-refractivity contribution in [2.24, 2.45) is 0 Å². The van der Waals surface area contributed by atoms with E-state index in [0.29, 0.717) is 6.42 Å². The van der Waals surface area contributed by atoms with Crippen molar-refractivity contribution in [1.29, 1.82) is 0 Å². The molecule has 0 N–H and O–H groups in total. The Kier molecular flexibility index (Phi) is 4.57. The number of hydrogen-bond acceptors (Lipinski definition) is 3. The van der Waals surface area contributed by atoms with Crippen LogP contribution in [0.25, 0.3) is 0 Å². The van der Waals surface area contributed by atoms with Crippen molar-refractivity contribution in [2.75, 3.05) is 31.6 Å². The maximum Gasteiger partial charge on any atom is 0.222 e. The van der Waals surface area contributed by atoms with Crippen LogP contribution in [-0.4, -0.2) is 37.6 Å².